The molecule has 0 heterocycles. The fraction of sp³-hybridized carbons (Fsp3) is 0.133. The molecule has 2 aromatic rings. The molecule has 2 aromatic carbocycles. The van der Waals surface area contributed by atoms with Gasteiger partial charge in [0.25, 0.3) is 0 Å². The molecule has 19 heavy (non-hydrogen) atoms. The molecule has 0 saturated carbocycles. The standard InChI is InChI=1S/C15H12Cl2OS/c1-10(15(18)11-5-3-2-4-6-11)19-14-9-12(16)7-8-13(14)17/h2-10H,1H3. The Balaban J connectivity index is 2.15. The molecule has 0 aliphatic rings. The van der Waals surface area contributed by atoms with E-state index in [1.54, 1.807) is 18.2 Å². The van der Waals surface area contributed by atoms with Gasteiger partial charge >= 0.3 is 0 Å². The summed E-state index contributed by atoms with van der Waals surface area (Å²) in [5.74, 6) is 0.0849. The molecule has 98 valence electrons. The highest BCUT2D eigenvalue weighted by Gasteiger charge is 2.17. The van der Waals surface area contributed by atoms with Gasteiger partial charge in [-0.05, 0) is 25.1 Å². The second-order valence-electron chi connectivity index (χ2n) is 4.07. The molecule has 0 aliphatic carbocycles. The molecule has 0 amide bonds. The first-order chi connectivity index (χ1) is 9.08. The van der Waals surface area contributed by atoms with Crippen LogP contribution in [0.2, 0.25) is 10.0 Å². The lowest BCUT2D eigenvalue weighted by Gasteiger charge is -2.11. The van der Waals surface area contributed by atoms with Gasteiger partial charge in [-0.2, -0.15) is 0 Å². The molecule has 1 atom stereocenters. The fourth-order valence-electron chi connectivity index (χ4n) is 1.65. The van der Waals surface area contributed by atoms with E-state index in [1.165, 1.54) is 11.8 Å². The number of rotatable bonds is 4. The summed E-state index contributed by atoms with van der Waals surface area (Å²) in [6, 6.07) is 14.5. The second kappa shape index (κ2) is 6.47. The second-order valence-corrected chi connectivity index (χ2v) is 6.29. The number of hydrogen-bond acceptors (Lipinski definition) is 2. The third-order valence-electron chi connectivity index (χ3n) is 2.62. The Morgan fingerprint density at radius 1 is 1.11 bits per heavy atom. The average Bonchev–Trinajstić information content (AvgIpc) is 2.43. The van der Waals surface area contributed by atoms with E-state index in [0.717, 1.165) is 4.90 Å². The van der Waals surface area contributed by atoms with Crippen LogP contribution in [0.15, 0.2) is 53.4 Å². The van der Waals surface area contributed by atoms with Crippen molar-refractivity contribution < 1.29 is 4.79 Å². The number of ketones is 1. The predicted octanol–water partition coefficient (Wildman–Crippen LogP) is 5.36. The van der Waals surface area contributed by atoms with Crippen molar-refractivity contribution in [1.82, 2.24) is 0 Å². The van der Waals surface area contributed by atoms with Crippen molar-refractivity contribution in [2.24, 2.45) is 0 Å². The number of carbonyl (C=O) groups is 1. The lowest BCUT2D eigenvalue weighted by atomic mass is 10.1. The van der Waals surface area contributed by atoms with Gasteiger partial charge in [0, 0.05) is 15.5 Å². The first-order valence-electron chi connectivity index (χ1n) is 5.79. The quantitative estimate of drug-likeness (QED) is 0.559. The lowest BCUT2D eigenvalue weighted by Crippen LogP contribution is -2.13. The molecule has 0 spiro atoms. The summed E-state index contributed by atoms with van der Waals surface area (Å²) in [4.78, 5) is 13.1. The zero-order valence-corrected chi connectivity index (χ0v) is 12.6. The van der Waals surface area contributed by atoms with Crippen molar-refractivity contribution >= 4 is 40.7 Å². The molecular formula is C15H12Cl2OS. The molecule has 0 aromatic heterocycles. The number of Topliss-reactive ketones (excluding diaryl/α,β-unsaturated/α-hetero) is 1. The summed E-state index contributed by atoms with van der Waals surface area (Å²) in [7, 11) is 0. The Morgan fingerprint density at radius 3 is 2.47 bits per heavy atom. The maximum absolute atomic E-state index is 12.2. The van der Waals surface area contributed by atoms with E-state index < -0.39 is 0 Å². The molecule has 0 bridgehead atoms. The number of benzene rings is 2. The average molecular weight is 311 g/mol. The summed E-state index contributed by atoms with van der Waals surface area (Å²) in [6.45, 7) is 1.87. The molecular weight excluding hydrogens is 299 g/mol. The highest BCUT2D eigenvalue weighted by molar-refractivity contribution is 8.00. The third-order valence-corrected chi connectivity index (χ3v) is 4.46. The van der Waals surface area contributed by atoms with Gasteiger partial charge in [-0.3, -0.25) is 4.79 Å². The molecule has 0 aliphatic heterocycles. The van der Waals surface area contributed by atoms with E-state index in [9.17, 15) is 4.79 Å². The smallest absolute Gasteiger partial charge is 0.175 e. The normalized spacial score (nSPS) is 12.2. The summed E-state index contributed by atoms with van der Waals surface area (Å²) in [6.07, 6.45) is 0. The van der Waals surface area contributed by atoms with Crippen LogP contribution in [0.25, 0.3) is 0 Å². The first-order valence-corrected chi connectivity index (χ1v) is 7.42. The number of thioether (sulfide) groups is 1. The van der Waals surface area contributed by atoms with E-state index in [-0.39, 0.29) is 11.0 Å². The van der Waals surface area contributed by atoms with Crippen LogP contribution in [-0.4, -0.2) is 11.0 Å². The zero-order valence-electron chi connectivity index (χ0n) is 10.3. The topological polar surface area (TPSA) is 17.1 Å². The number of carbonyl (C=O) groups excluding carboxylic acids is 1. The molecule has 2 rings (SSSR count). The first kappa shape index (κ1) is 14.4. The zero-order chi connectivity index (χ0) is 13.8. The van der Waals surface area contributed by atoms with E-state index >= 15 is 0 Å². The molecule has 0 radical (unpaired) electrons. The van der Waals surface area contributed by atoms with E-state index in [1.807, 2.05) is 37.3 Å². The van der Waals surface area contributed by atoms with Crippen molar-refractivity contribution in [3.8, 4) is 0 Å². The summed E-state index contributed by atoms with van der Waals surface area (Å²) in [5, 5.41) is 1.02. The SMILES string of the molecule is CC(Sc1cc(Cl)ccc1Cl)C(=O)c1ccccc1. The van der Waals surface area contributed by atoms with Crippen molar-refractivity contribution in [2.75, 3.05) is 0 Å². The van der Waals surface area contributed by atoms with Crippen LogP contribution in [0.1, 0.15) is 17.3 Å². The van der Waals surface area contributed by atoms with Crippen molar-refractivity contribution in [3.05, 3.63) is 64.1 Å². The Labute approximate surface area is 126 Å². The summed E-state index contributed by atoms with van der Waals surface area (Å²) in [5.41, 5.74) is 0.709. The molecule has 4 heteroatoms. The minimum absolute atomic E-state index is 0.0849. The van der Waals surface area contributed by atoms with E-state index in [4.69, 9.17) is 23.2 Å². The van der Waals surface area contributed by atoms with Gasteiger partial charge in [-0.25, -0.2) is 0 Å². The van der Waals surface area contributed by atoms with Crippen LogP contribution < -0.4 is 0 Å². The van der Waals surface area contributed by atoms with Crippen LogP contribution in [0, 0.1) is 0 Å². The van der Waals surface area contributed by atoms with Gasteiger partial charge in [0.1, 0.15) is 0 Å². The Hall–Kier alpha value is -0.960. The maximum Gasteiger partial charge on any atom is 0.175 e. The highest BCUT2D eigenvalue weighted by atomic mass is 35.5. The van der Waals surface area contributed by atoms with Crippen LogP contribution in [0.3, 0.4) is 0 Å². The monoisotopic (exact) mass is 310 g/mol. The molecule has 1 unspecified atom stereocenters. The van der Waals surface area contributed by atoms with Gasteiger partial charge in [-0.1, -0.05) is 53.5 Å². The van der Waals surface area contributed by atoms with E-state index in [2.05, 4.69) is 0 Å². The highest BCUT2D eigenvalue weighted by Crippen LogP contribution is 2.33. The van der Waals surface area contributed by atoms with E-state index in [0.29, 0.717) is 15.6 Å². The van der Waals surface area contributed by atoms with Gasteiger partial charge < -0.3 is 0 Å². The lowest BCUT2D eigenvalue weighted by molar-refractivity contribution is 0.0994. The van der Waals surface area contributed by atoms with Crippen LogP contribution in [-0.2, 0) is 0 Å². The number of hydrogen-bond donors (Lipinski definition) is 0. The third kappa shape index (κ3) is 3.75. The summed E-state index contributed by atoms with van der Waals surface area (Å²) < 4.78 is 0. The minimum Gasteiger partial charge on any atom is -0.293 e. The van der Waals surface area contributed by atoms with Crippen LogP contribution in [0.4, 0.5) is 0 Å². The van der Waals surface area contributed by atoms with Crippen molar-refractivity contribution in [2.45, 2.75) is 17.1 Å². The van der Waals surface area contributed by atoms with Crippen molar-refractivity contribution in [1.29, 1.82) is 0 Å². The summed E-state index contributed by atoms with van der Waals surface area (Å²) >= 11 is 13.5. The maximum atomic E-state index is 12.2. The van der Waals surface area contributed by atoms with Gasteiger partial charge in [-0.15, -0.1) is 11.8 Å². The largest absolute Gasteiger partial charge is 0.293 e. The Morgan fingerprint density at radius 2 is 1.79 bits per heavy atom. The van der Waals surface area contributed by atoms with Crippen molar-refractivity contribution in [3.63, 3.8) is 0 Å². The molecule has 0 saturated heterocycles. The predicted molar refractivity (Wildman–Crippen MR) is 82.6 cm³/mol. The molecule has 1 nitrogen and oxygen atoms in total. The Kier molecular flexibility index (Phi) is 4.92. The molecule has 0 N–H and O–H groups in total. The number of halogens is 2. The van der Waals surface area contributed by atoms with Gasteiger partial charge in [0.2, 0.25) is 0 Å². The Bertz CT molecular complexity index is 584. The minimum atomic E-state index is -0.210. The van der Waals surface area contributed by atoms with Gasteiger partial charge in [0.05, 0.1) is 10.3 Å². The fourth-order valence-corrected chi connectivity index (χ4v) is 3.14. The molecule has 0 fully saturated rings. The van der Waals surface area contributed by atoms with Crippen LogP contribution in [0.5, 0.6) is 0 Å². The van der Waals surface area contributed by atoms with Crippen LogP contribution >= 0.6 is 35.0 Å². The van der Waals surface area contributed by atoms with Gasteiger partial charge in [0.15, 0.2) is 5.78 Å².